The van der Waals surface area contributed by atoms with E-state index in [1.54, 1.807) is 13.1 Å². The van der Waals surface area contributed by atoms with E-state index in [9.17, 15) is 4.79 Å². The van der Waals surface area contributed by atoms with E-state index in [4.69, 9.17) is 5.11 Å². The molecule has 15 heavy (non-hydrogen) atoms. The van der Waals surface area contributed by atoms with E-state index >= 15 is 0 Å². The van der Waals surface area contributed by atoms with Gasteiger partial charge in [0, 0.05) is 7.05 Å². The van der Waals surface area contributed by atoms with Gasteiger partial charge >= 0.3 is 0 Å². The molecule has 0 bridgehead atoms. The molecule has 0 saturated carbocycles. The largest absolute Gasteiger partial charge is 0.394 e. The predicted octanol–water partition coefficient (Wildman–Crippen LogP) is 0.229. The highest BCUT2D eigenvalue weighted by Gasteiger charge is 2.14. The summed E-state index contributed by atoms with van der Waals surface area (Å²) in [6.45, 7) is 3.70. The lowest BCUT2D eigenvalue weighted by molar-refractivity contribution is 0.0905. The summed E-state index contributed by atoms with van der Waals surface area (Å²) in [5.41, 5.74) is 1.32. The van der Waals surface area contributed by atoms with Gasteiger partial charge in [0.15, 0.2) is 0 Å². The molecule has 5 nitrogen and oxygen atoms in total. The number of aliphatic hydroxyl groups excluding tert-OH is 1. The summed E-state index contributed by atoms with van der Waals surface area (Å²) >= 11 is 0. The smallest absolute Gasteiger partial charge is 0.269 e. The molecule has 0 aliphatic rings. The van der Waals surface area contributed by atoms with Crippen molar-refractivity contribution in [3.05, 3.63) is 17.5 Å². The van der Waals surface area contributed by atoms with Crippen LogP contribution in [-0.4, -0.2) is 33.4 Å². The van der Waals surface area contributed by atoms with E-state index in [1.807, 2.05) is 13.8 Å². The Morgan fingerprint density at radius 3 is 2.80 bits per heavy atom. The van der Waals surface area contributed by atoms with E-state index < -0.39 is 0 Å². The molecule has 1 rings (SSSR count). The average Bonchev–Trinajstić information content (AvgIpc) is 2.54. The van der Waals surface area contributed by atoms with Crippen LogP contribution in [0.2, 0.25) is 0 Å². The van der Waals surface area contributed by atoms with E-state index in [-0.39, 0.29) is 18.6 Å². The molecular formula is C10H17N3O2. The van der Waals surface area contributed by atoms with Crippen molar-refractivity contribution in [1.29, 1.82) is 0 Å². The molecule has 1 heterocycles. The van der Waals surface area contributed by atoms with Crippen molar-refractivity contribution >= 4 is 5.91 Å². The topological polar surface area (TPSA) is 67.2 Å². The van der Waals surface area contributed by atoms with Crippen LogP contribution in [0.1, 0.15) is 29.5 Å². The van der Waals surface area contributed by atoms with E-state index in [1.165, 1.54) is 4.68 Å². The third kappa shape index (κ3) is 2.79. The minimum Gasteiger partial charge on any atom is -0.394 e. The second-order valence-electron chi connectivity index (χ2n) is 3.56. The quantitative estimate of drug-likeness (QED) is 0.749. The molecule has 5 heteroatoms. The molecule has 1 aromatic rings. The Labute approximate surface area is 89.1 Å². The summed E-state index contributed by atoms with van der Waals surface area (Å²) < 4.78 is 1.54. The third-order valence-electron chi connectivity index (χ3n) is 2.28. The van der Waals surface area contributed by atoms with Gasteiger partial charge in [-0.15, -0.1) is 0 Å². The normalized spacial score (nSPS) is 12.5. The van der Waals surface area contributed by atoms with Gasteiger partial charge in [-0.05, 0) is 19.4 Å². The van der Waals surface area contributed by atoms with Crippen LogP contribution in [0.25, 0.3) is 0 Å². The fourth-order valence-corrected chi connectivity index (χ4v) is 1.36. The van der Waals surface area contributed by atoms with Crippen molar-refractivity contribution in [2.45, 2.75) is 26.3 Å². The van der Waals surface area contributed by atoms with Gasteiger partial charge in [-0.1, -0.05) is 6.92 Å². The fraction of sp³-hybridized carbons (Fsp3) is 0.600. The molecule has 0 radical (unpaired) electrons. The molecule has 1 atom stereocenters. The van der Waals surface area contributed by atoms with Gasteiger partial charge in [0.2, 0.25) is 0 Å². The lowest BCUT2D eigenvalue weighted by atomic mass is 10.2. The van der Waals surface area contributed by atoms with Crippen LogP contribution in [0.4, 0.5) is 0 Å². The zero-order valence-corrected chi connectivity index (χ0v) is 9.32. The van der Waals surface area contributed by atoms with Crippen molar-refractivity contribution in [1.82, 2.24) is 15.1 Å². The van der Waals surface area contributed by atoms with Gasteiger partial charge in [-0.3, -0.25) is 9.48 Å². The lowest BCUT2D eigenvalue weighted by Crippen LogP contribution is -2.37. The highest BCUT2D eigenvalue weighted by molar-refractivity contribution is 5.92. The fourth-order valence-electron chi connectivity index (χ4n) is 1.36. The first kappa shape index (κ1) is 11.7. The maximum absolute atomic E-state index is 11.7. The van der Waals surface area contributed by atoms with Crippen molar-refractivity contribution in [3.8, 4) is 0 Å². The molecule has 0 spiro atoms. The molecule has 0 saturated heterocycles. The minimum absolute atomic E-state index is 0.0426. The maximum atomic E-state index is 11.7. The summed E-state index contributed by atoms with van der Waals surface area (Å²) in [6, 6.07) is 1.53. The number of hydrogen-bond acceptors (Lipinski definition) is 3. The SMILES string of the molecule is CCC(CO)NC(=O)c1cc(C)nn1C. The summed E-state index contributed by atoms with van der Waals surface area (Å²) in [4.78, 5) is 11.7. The van der Waals surface area contributed by atoms with Gasteiger partial charge in [0.25, 0.3) is 5.91 Å². The summed E-state index contributed by atoms with van der Waals surface area (Å²) in [7, 11) is 1.72. The van der Waals surface area contributed by atoms with Crippen molar-refractivity contribution in [2.24, 2.45) is 7.05 Å². The molecule has 1 unspecified atom stereocenters. The second-order valence-corrected chi connectivity index (χ2v) is 3.56. The molecule has 2 N–H and O–H groups in total. The zero-order chi connectivity index (χ0) is 11.4. The summed E-state index contributed by atoms with van der Waals surface area (Å²) in [5.74, 6) is -0.195. The molecule has 84 valence electrons. The van der Waals surface area contributed by atoms with Crippen LogP contribution < -0.4 is 5.32 Å². The van der Waals surface area contributed by atoms with E-state index in [2.05, 4.69) is 10.4 Å². The molecule has 0 aromatic carbocycles. The Morgan fingerprint density at radius 2 is 2.40 bits per heavy atom. The number of amides is 1. The third-order valence-corrected chi connectivity index (χ3v) is 2.28. The number of nitrogens with zero attached hydrogens (tertiary/aromatic N) is 2. The molecule has 0 aliphatic carbocycles. The van der Waals surface area contributed by atoms with Crippen LogP contribution in [0.5, 0.6) is 0 Å². The average molecular weight is 211 g/mol. The highest BCUT2D eigenvalue weighted by atomic mass is 16.3. The van der Waals surface area contributed by atoms with Crippen LogP contribution in [0.15, 0.2) is 6.07 Å². The first-order valence-electron chi connectivity index (χ1n) is 5.00. The van der Waals surface area contributed by atoms with Gasteiger partial charge in [-0.2, -0.15) is 5.10 Å². The van der Waals surface area contributed by atoms with Crippen molar-refractivity contribution in [2.75, 3.05) is 6.61 Å². The van der Waals surface area contributed by atoms with Gasteiger partial charge in [0.05, 0.1) is 18.3 Å². The molecule has 0 aliphatic heterocycles. The molecular weight excluding hydrogens is 194 g/mol. The second kappa shape index (κ2) is 4.93. The standard InChI is InChI=1S/C10H17N3O2/c1-4-8(6-14)11-10(15)9-5-7(2)12-13(9)3/h5,8,14H,4,6H2,1-3H3,(H,11,15). The Morgan fingerprint density at radius 1 is 1.73 bits per heavy atom. The first-order valence-corrected chi connectivity index (χ1v) is 5.00. The lowest BCUT2D eigenvalue weighted by Gasteiger charge is -2.13. The van der Waals surface area contributed by atoms with Crippen LogP contribution in [0.3, 0.4) is 0 Å². The number of rotatable bonds is 4. The number of nitrogens with one attached hydrogen (secondary N) is 1. The number of carbonyl (C=O) groups is 1. The Kier molecular flexibility index (Phi) is 3.85. The Balaban J connectivity index is 2.72. The number of aliphatic hydroxyl groups is 1. The monoisotopic (exact) mass is 211 g/mol. The van der Waals surface area contributed by atoms with Gasteiger partial charge < -0.3 is 10.4 Å². The van der Waals surface area contributed by atoms with E-state index in [0.29, 0.717) is 12.1 Å². The van der Waals surface area contributed by atoms with Crippen LogP contribution in [-0.2, 0) is 7.05 Å². The molecule has 1 aromatic heterocycles. The number of aromatic nitrogens is 2. The number of carbonyl (C=O) groups excluding carboxylic acids is 1. The van der Waals surface area contributed by atoms with Gasteiger partial charge in [0.1, 0.15) is 5.69 Å². The minimum atomic E-state index is -0.195. The van der Waals surface area contributed by atoms with Crippen LogP contribution >= 0.6 is 0 Å². The van der Waals surface area contributed by atoms with E-state index in [0.717, 1.165) is 5.69 Å². The highest BCUT2D eigenvalue weighted by Crippen LogP contribution is 2.02. The molecule has 0 fully saturated rings. The van der Waals surface area contributed by atoms with Gasteiger partial charge in [-0.25, -0.2) is 0 Å². The number of aryl methyl sites for hydroxylation is 2. The maximum Gasteiger partial charge on any atom is 0.269 e. The molecule has 1 amide bonds. The van der Waals surface area contributed by atoms with Crippen molar-refractivity contribution < 1.29 is 9.90 Å². The number of hydrogen-bond donors (Lipinski definition) is 2. The zero-order valence-electron chi connectivity index (χ0n) is 9.32. The Bertz CT molecular complexity index is 342. The Hall–Kier alpha value is -1.36. The first-order chi connectivity index (χ1) is 7.08. The summed E-state index contributed by atoms with van der Waals surface area (Å²) in [5, 5.41) is 15.8. The van der Waals surface area contributed by atoms with Crippen molar-refractivity contribution in [3.63, 3.8) is 0 Å². The predicted molar refractivity (Wildman–Crippen MR) is 56.6 cm³/mol. The summed E-state index contributed by atoms with van der Waals surface area (Å²) in [6.07, 6.45) is 0.707. The van der Waals surface area contributed by atoms with Crippen LogP contribution in [0, 0.1) is 6.92 Å².